The Kier molecular flexibility index (Phi) is 4.18. The molecule has 32 heavy (non-hydrogen) atoms. The van der Waals surface area contributed by atoms with Crippen molar-refractivity contribution in [3.8, 4) is 11.1 Å². The topological polar surface area (TPSA) is 66.8 Å². The third-order valence-electron chi connectivity index (χ3n) is 6.68. The molecule has 0 unspecified atom stereocenters. The van der Waals surface area contributed by atoms with Gasteiger partial charge in [-0.3, -0.25) is 4.79 Å². The molecule has 2 atom stereocenters. The lowest BCUT2D eigenvalue weighted by Crippen LogP contribution is -2.56. The van der Waals surface area contributed by atoms with E-state index in [-0.39, 0.29) is 17.9 Å². The summed E-state index contributed by atoms with van der Waals surface area (Å²) >= 11 is 0. The SMILES string of the molecule is Cc1cc(-c2cnn(C(F)F)c2)ccc1[C@@H]1[C@H](C2CC2)C(=O)N1c1ccc2[nH]cnc2c1. The van der Waals surface area contributed by atoms with Crippen LogP contribution in [0.25, 0.3) is 22.2 Å². The van der Waals surface area contributed by atoms with Gasteiger partial charge in [-0.2, -0.15) is 13.9 Å². The largest absolute Gasteiger partial charge is 0.345 e. The Bertz CT molecular complexity index is 1340. The van der Waals surface area contributed by atoms with Gasteiger partial charge in [0, 0.05) is 17.4 Å². The summed E-state index contributed by atoms with van der Waals surface area (Å²) in [6.45, 7) is -0.650. The first-order valence-electron chi connectivity index (χ1n) is 10.7. The summed E-state index contributed by atoms with van der Waals surface area (Å²) < 4.78 is 26.4. The minimum Gasteiger partial charge on any atom is -0.345 e. The maximum atomic E-state index is 13.2. The van der Waals surface area contributed by atoms with Crippen molar-refractivity contribution in [2.45, 2.75) is 32.4 Å². The maximum absolute atomic E-state index is 13.2. The van der Waals surface area contributed by atoms with Crippen LogP contribution in [0.1, 0.15) is 36.6 Å². The molecular weight excluding hydrogens is 412 g/mol. The number of carbonyl (C=O) groups excluding carboxylic acids is 1. The zero-order chi connectivity index (χ0) is 22.0. The highest BCUT2D eigenvalue weighted by atomic mass is 19.3. The van der Waals surface area contributed by atoms with Crippen LogP contribution in [0.15, 0.2) is 55.1 Å². The van der Waals surface area contributed by atoms with E-state index < -0.39 is 6.55 Å². The highest BCUT2D eigenvalue weighted by molar-refractivity contribution is 6.04. The molecule has 2 fully saturated rings. The number of aryl methyl sites for hydroxylation is 1. The first kappa shape index (κ1) is 19.2. The third kappa shape index (κ3) is 2.93. The van der Waals surface area contributed by atoms with Crippen LogP contribution >= 0.6 is 0 Å². The normalized spacial score (nSPS) is 20.9. The standard InChI is InChI=1S/C24H21F2N5O/c1-13-8-15(16-10-29-30(11-16)24(25)26)4-6-18(13)22-21(14-2-3-14)23(32)31(22)17-5-7-19-20(9-17)28-12-27-19/h4-12,14,21-22,24H,2-3H2,1H3,(H,27,28)/t21-,22+/m0/s1. The summed E-state index contributed by atoms with van der Waals surface area (Å²) in [5, 5.41) is 3.74. The van der Waals surface area contributed by atoms with Crippen molar-refractivity contribution < 1.29 is 13.6 Å². The quantitative estimate of drug-likeness (QED) is 0.438. The number of H-pyrrole nitrogens is 1. The molecule has 2 aromatic heterocycles. The molecule has 1 saturated carbocycles. The van der Waals surface area contributed by atoms with Gasteiger partial charge < -0.3 is 9.88 Å². The van der Waals surface area contributed by atoms with Crippen LogP contribution in [0, 0.1) is 18.8 Å². The van der Waals surface area contributed by atoms with Gasteiger partial charge in [0.1, 0.15) is 0 Å². The highest BCUT2D eigenvalue weighted by Gasteiger charge is 2.55. The molecule has 162 valence electrons. The van der Waals surface area contributed by atoms with Crippen molar-refractivity contribution in [2.75, 3.05) is 4.90 Å². The summed E-state index contributed by atoms with van der Waals surface area (Å²) in [7, 11) is 0. The number of carbonyl (C=O) groups is 1. The fraction of sp³-hybridized carbons (Fsp3) is 0.292. The number of fused-ring (bicyclic) bond motifs is 1. The highest BCUT2D eigenvalue weighted by Crippen LogP contribution is 2.54. The second-order valence-electron chi connectivity index (χ2n) is 8.68. The van der Waals surface area contributed by atoms with Crippen LogP contribution in [0.2, 0.25) is 0 Å². The molecule has 1 aliphatic heterocycles. The predicted octanol–water partition coefficient (Wildman–Crippen LogP) is 5.24. The molecule has 1 amide bonds. The van der Waals surface area contributed by atoms with Gasteiger partial charge in [-0.1, -0.05) is 18.2 Å². The van der Waals surface area contributed by atoms with Gasteiger partial charge >= 0.3 is 6.55 Å². The number of anilines is 1. The van der Waals surface area contributed by atoms with Gasteiger partial charge in [0.05, 0.1) is 35.5 Å². The number of hydrogen-bond donors (Lipinski definition) is 1. The molecule has 0 radical (unpaired) electrons. The summed E-state index contributed by atoms with van der Waals surface area (Å²) in [4.78, 5) is 22.5. The Balaban J connectivity index is 1.37. The number of halogens is 2. The Morgan fingerprint density at radius 1 is 1.12 bits per heavy atom. The summed E-state index contributed by atoms with van der Waals surface area (Å²) in [6.07, 6.45) is 6.62. The minimum absolute atomic E-state index is 0.0176. The molecule has 6 nitrogen and oxygen atoms in total. The molecule has 2 aliphatic rings. The number of aromatic nitrogens is 4. The smallest absolute Gasteiger partial charge is 0.333 e. The summed E-state index contributed by atoms with van der Waals surface area (Å²) in [5.74, 6) is 0.575. The van der Waals surface area contributed by atoms with Crippen molar-refractivity contribution in [2.24, 2.45) is 11.8 Å². The number of imidazole rings is 1. The van der Waals surface area contributed by atoms with Crippen LogP contribution in [-0.4, -0.2) is 25.7 Å². The average Bonchev–Trinajstić information content (AvgIpc) is 3.26. The van der Waals surface area contributed by atoms with Gasteiger partial charge in [0.25, 0.3) is 0 Å². The summed E-state index contributed by atoms with van der Waals surface area (Å²) in [6, 6.07) is 11.8. The average molecular weight is 433 g/mol. The van der Waals surface area contributed by atoms with E-state index in [4.69, 9.17) is 0 Å². The van der Waals surface area contributed by atoms with Gasteiger partial charge in [-0.05, 0) is 60.6 Å². The van der Waals surface area contributed by atoms with Crippen LogP contribution < -0.4 is 4.90 Å². The first-order chi connectivity index (χ1) is 15.5. The number of nitrogens with one attached hydrogen (secondary N) is 1. The molecule has 0 bridgehead atoms. The van der Waals surface area contributed by atoms with Crippen LogP contribution in [-0.2, 0) is 4.79 Å². The Hall–Kier alpha value is -3.55. The number of rotatable bonds is 5. The maximum Gasteiger partial charge on any atom is 0.333 e. The molecule has 1 aliphatic carbocycles. The summed E-state index contributed by atoms with van der Waals surface area (Å²) in [5.41, 5.74) is 6.20. The zero-order valence-electron chi connectivity index (χ0n) is 17.4. The lowest BCUT2D eigenvalue weighted by molar-refractivity contribution is -0.131. The third-order valence-corrected chi connectivity index (χ3v) is 6.68. The van der Waals surface area contributed by atoms with Gasteiger partial charge in [0.2, 0.25) is 5.91 Å². The van der Waals surface area contributed by atoms with Crippen molar-refractivity contribution in [3.63, 3.8) is 0 Å². The van der Waals surface area contributed by atoms with Gasteiger partial charge in [-0.15, -0.1) is 0 Å². The lowest BCUT2D eigenvalue weighted by Gasteiger charge is -2.48. The Morgan fingerprint density at radius 3 is 2.69 bits per heavy atom. The molecule has 4 aromatic rings. The second kappa shape index (κ2) is 6.98. The molecule has 8 heteroatoms. The molecular formula is C24H21F2N5O. The fourth-order valence-electron chi connectivity index (χ4n) is 4.90. The van der Waals surface area contributed by atoms with E-state index in [1.165, 1.54) is 12.4 Å². The predicted molar refractivity (Wildman–Crippen MR) is 116 cm³/mol. The molecule has 3 heterocycles. The molecule has 0 spiro atoms. The monoisotopic (exact) mass is 433 g/mol. The van der Waals surface area contributed by atoms with Crippen molar-refractivity contribution in [3.05, 3.63) is 66.2 Å². The number of benzene rings is 2. The van der Waals surface area contributed by atoms with Gasteiger partial charge in [-0.25, -0.2) is 9.67 Å². The minimum atomic E-state index is -2.66. The second-order valence-corrected chi connectivity index (χ2v) is 8.68. The number of nitrogens with zero attached hydrogens (tertiary/aromatic N) is 4. The van der Waals surface area contributed by atoms with E-state index in [1.807, 2.05) is 48.2 Å². The molecule has 6 rings (SSSR count). The van der Waals surface area contributed by atoms with Crippen LogP contribution in [0.5, 0.6) is 0 Å². The van der Waals surface area contributed by atoms with E-state index in [1.54, 1.807) is 6.33 Å². The number of alkyl halides is 2. The van der Waals surface area contributed by atoms with Crippen molar-refractivity contribution in [1.82, 2.24) is 19.7 Å². The zero-order valence-corrected chi connectivity index (χ0v) is 17.4. The van der Waals surface area contributed by atoms with Crippen LogP contribution in [0.3, 0.4) is 0 Å². The first-order valence-corrected chi connectivity index (χ1v) is 10.7. The van der Waals surface area contributed by atoms with E-state index >= 15 is 0 Å². The van der Waals surface area contributed by atoms with Gasteiger partial charge in [0.15, 0.2) is 0 Å². The number of aromatic amines is 1. The van der Waals surface area contributed by atoms with E-state index in [0.717, 1.165) is 46.3 Å². The fourth-order valence-corrected chi connectivity index (χ4v) is 4.90. The molecule has 1 saturated heterocycles. The number of amides is 1. The lowest BCUT2D eigenvalue weighted by atomic mass is 9.77. The van der Waals surface area contributed by atoms with Crippen molar-refractivity contribution in [1.29, 1.82) is 0 Å². The molecule has 2 aromatic carbocycles. The van der Waals surface area contributed by atoms with E-state index in [9.17, 15) is 13.6 Å². The Morgan fingerprint density at radius 2 is 1.97 bits per heavy atom. The van der Waals surface area contributed by atoms with E-state index in [2.05, 4.69) is 15.1 Å². The van der Waals surface area contributed by atoms with Crippen molar-refractivity contribution >= 4 is 22.6 Å². The number of β-lactam (4-membered cyclic amide) rings is 1. The van der Waals surface area contributed by atoms with E-state index in [0.29, 0.717) is 16.2 Å². The van der Waals surface area contributed by atoms with Crippen LogP contribution in [0.4, 0.5) is 14.5 Å². The Labute approximate surface area is 182 Å². The molecule has 1 N–H and O–H groups in total. The number of hydrogen-bond acceptors (Lipinski definition) is 3.